The van der Waals surface area contributed by atoms with E-state index in [1.807, 2.05) is 0 Å². The van der Waals surface area contributed by atoms with E-state index >= 15 is 0 Å². The maximum absolute atomic E-state index is 11.6. The highest BCUT2D eigenvalue weighted by Crippen LogP contribution is 2.67. The van der Waals surface area contributed by atoms with Crippen LogP contribution in [0.25, 0.3) is 0 Å². The molecule has 1 spiro atoms. The molecule has 3 nitrogen and oxygen atoms in total. The molecule has 5 fully saturated rings. The van der Waals surface area contributed by atoms with Crippen molar-refractivity contribution < 1.29 is 5.11 Å². The predicted octanol–water partition coefficient (Wildman–Crippen LogP) is 2.16. The van der Waals surface area contributed by atoms with Crippen LogP contribution >= 0.6 is 0 Å². The molecule has 0 radical (unpaired) electrons. The summed E-state index contributed by atoms with van der Waals surface area (Å²) >= 11 is 0. The quantitative estimate of drug-likeness (QED) is 0.744. The molecule has 1 aromatic rings. The second kappa shape index (κ2) is 3.84. The summed E-state index contributed by atoms with van der Waals surface area (Å²) in [5.41, 5.74) is 4.32. The lowest BCUT2D eigenvalue weighted by atomic mass is 9.65. The van der Waals surface area contributed by atoms with Crippen molar-refractivity contribution in [1.29, 1.82) is 0 Å². The number of nitrogens with zero attached hydrogens (tertiary/aromatic N) is 2. The Labute approximate surface area is 137 Å². The van der Waals surface area contributed by atoms with Crippen LogP contribution < -0.4 is 4.90 Å². The molecule has 5 aliphatic heterocycles. The van der Waals surface area contributed by atoms with Gasteiger partial charge in [-0.2, -0.15) is 0 Å². The van der Waals surface area contributed by atoms with Gasteiger partial charge in [0.15, 0.2) is 0 Å². The minimum atomic E-state index is -0.196. The molecule has 5 bridgehead atoms. The first-order valence-corrected chi connectivity index (χ1v) is 9.09. The molecule has 23 heavy (non-hydrogen) atoms. The zero-order valence-corrected chi connectivity index (χ0v) is 13.8. The normalized spacial score (nSPS) is 53.1. The molecule has 0 aromatic heterocycles. The van der Waals surface area contributed by atoms with E-state index in [0.29, 0.717) is 30.0 Å². The largest absolute Gasteiger partial charge is 0.392 e. The third-order valence-corrected chi connectivity index (χ3v) is 8.00. The van der Waals surface area contributed by atoms with Gasteiger partial charge in [0.1, 0.15) is 0 Å². The van der Waals surface area contributed by atoms with Crippen LogP contribution in [0.1, 0.15) is 25.3 Å². The molecule has 120 valence electrons. The van der Waals surface area contributed by atoms with Crippen molar-refractivity contribution in [3.05, 3.63) is 41.5 Å². The number of benzene rings is 1. The molecule has 7 rings (SSSR count). The number of piperidine rings is 4. The number of para-hydroxylation sites is 1. The molecule has 1 unspecified atom stereocenters. The highest BCUT2D eigenvalue weighted by Gasteiger charge is 2.74. The smallest absolute Gasteiger partial charge is 0.0707 e. The molecular weight excluding hydrogens is 284 g/mol. The standard InChI is InChI=1S/C20H24N2O/c1-3-11-10-22-15-8-12(11)17-16(22)9-20(19(17)23)13-6-4-5-7-14(13)21(2)18(15)20/h3-7,12,15-19,23H,8-10H2,1-2H3/b11-3-/t12-,15-,16-,17+,18-,19+,20+/m0/s1. The van der Waals surface area contributed by atoms with Crippen molar-refractivity contribution >= 4 is 5.69 Å². The summed E-state index contributed by atoms with van der Waals surface area (Å²) in [5, 5.41) is 11.6. The Morgan fingerprint density at radius 1 is 1.26 bits per heavy atom. The summed E-state index contributed by atoms with van der Waals surface area (Å²) in [5.74, 6) is 1.05. The van der Waals surface area contributed by atoms with Crippen LogP contribution in [0.3, 0.4) is 0 Å². The van der Waals surface area contributed by atoms with Gasteiger partial charge in [-0.15, -0.1) is 0 Å². The van der Waals surface area contributed by atoms with Crippen molar-refractivity contribution in [1.82, 2.24) is 4.90 Å². The van der Waals surface area contributed by atoms with Crippen LogP contribution in [-0.4, -0.2) is 47.8 Å². The molecule has 0 amide bonds. The van der Waals surface area contributed by atoms with Crippen LogP contribution in [0, 0.1) is 11.8 Å². The SMILES string of the molecule is C/C=C1/CN2[C@H]3C[C@@]45c6ccccc6N(C)[C@H]4[C@@H]2C[C@@H]1[C@H]3[C@H]5O. The average molecular weight is 308 g/mol. The van der Waals surface area contributed by atoms with Crippen molar-refractivity contribution in [3.63, 3.8) is 0 Å². The third-order valence-electron chi connectivity index (χ3n) is 8.00. The molecule has 1 aliphatic carbocycles. The number of allylic oxidation sites excluding steroid dienone is 1. The third kappa shape index (κ3) is 1.17. The lowest BCUT2D eigenvalue weighted by Gasteiger charge is -2.58. The molecule has 1 saturated carbocycles. The van der Waals surface area contributed by atoms with E-state index < -0.39 is 0 Å². The van der Waals surface area contributed by atoms with E-state index in [2.05, 4.69) is 54.1 Å². The summed E-state index contributed by atoms with van der Waals surface area (Å²) in [6.07, 6.45) is 4.51. The van der Waals surface area contributed by atoms with Crippen LogP contribution in [0.2, 0.25) is 0 Å². The molecule has 1 N–H and O–H groups in total. The molecule has 4 saturated heterocycles. The van der Waals surface area contributed by atoms with Crippen molar-refractivity contribution in [2.45, 2.75) is 49.4 Å². The van der Waals surface area contributed by atoms with Gasteiger partial charge >= 0.3 is 0 Å². The number of aliphatic hydroxyl groups is 1. The van der Waals surface area contributed by atoms with Crippen LogP contribution in [0.15, 0.2) is 35.9 Å². The predicted molar refractivity (Wildman–Crippen MR) is 90.6 cm³/mol. The van der Waals surface area contributed by atoms with E-state index in [9.17, 15) is 5.11 Å². The number of anilines is 1. The Morgan fingerprint density at radius 3 is 2.91 bits per heavy atom. The number of aliphatic hydroxyl groups excluding tert-OH is 1. The van der Waals surface area contributed by atoms with Gasteiger partial charge in [0.2, 0.25) is 0 Å². The summed E-state index contributed by atoms with van der Waals surface area (Å²) in [6.45, 7) is 3.31. The zero-order chi connectivity index (χ0) is 15.5. The fourth-order valence-electron chi connectivity index (χ4n) is 7.35. The number of rotatable bonds is 0. The summed E-state index contributed by atoms with van der Waals surface area (Å²) in [6, 6.07) is 10.5. The average Bonchev–Trinajstić information content (AvgIpc) is 2.98. The lowest BCUT2D eigenvalue weighted by Crippen LogP contribution is -2.68. The van der Waals surface area contributed by atoms with Crippen LogP contribution in [0.4, 0.5) is 5.69 Å². The van der Waals surface area contributed by atoms with Gasteiger partial charge in [-0.05, 0) is 37.3 Å². The summed E-state index contributed by atoms with van der Waals surface area (Å²) in [7, 11) is 2.25. The van der Waals surface area contributed by atoms with Crippen molar-refractivity contribution in [2.75, 3.05) is 18.5 Å². The highest BCUT2D eigenvalue weighted by atomic mass is 16.3. The highest BCUT2D eigenvalue weighted by molar-refractivity contribution is 5.67. The van der Waals surface area contributed by atoms with Gasteiger partial charge in [0.05, 0.1) is 12.1 Å². The lowest BCUT2D eigenvalue weighted by molar-refractivity contribution is -0.0345. The summed E-state index contributed by atoms with van der Waals surface area (Å²) in [4.78, 5) is 5.25. The van der Waals surface area contributed by atoms with E-state index in [-0.39, 0.29) is 11.5 Å². The number of hydrogen-bond donors (Lipinski definition) is 1. The van der Waals surface area contributed by atoms with Gasteiger partial charge < -0.3 is 10.0 Å². The second-order valence-electron chi connectivity index (χ2n) is 8.35. The van der Waals surface area contributed by atoms with E-state index in [4.69, 9.17) is 0 Å². The molecular formula is C20H24N2O. The molecule has 1 aromatic carbocycles. The van der Waals surface area contributed by atoms with Crippen LogP contribution in [0.5, 0.6) is 0 Å². The Hall–Kier alpha value is -1.32. The van der Waals surface area contributed by atoms with Gasteiger partial charge in [-0.25, -0.2) is 0 Å². The van der Waals surface area contributed by atoms with Gasteiger partial charge in [-0.1, -0.05) is 29.8 Å². The number of likely N-dealkylation sites (N-methyl/N-ethyl adjacent to an activating group) is 1. The monoisotopic (exact) mass is 308 g/mol. The summed E-state index contributed by atoms with van der Waals surface area (Å²) < 4.78 is 0. The molecule has 3 heteroatoms. The first-order valence-electron chi connectivity index (χ1n) is 9.09. The van der Waals surface area contributed by atoms with Gasteiger partial charge in [-0.3, -0.25) is 4.90 Å². The van der Waals surface area contributed by atoms with E-state index in [0.717, 1.165) is 13.0 Å². The zero-order valence-electron chi connectivity index (χ0n) is 13.8. The minimum Gasteiger partial charge on any atom is -0.392 e. The Balaban J connectivity index is 1.62. The van der Waals surface area contributed by atoms with Crippen LogP contribution in [-0.2, 0) is 5.41 Å². The topological polar surface area (TPSA) is 26.7 Å². The van der Waals surface area contributed by atoms with E-state index in [1.165, 1.54) is 17.7 Å². The minimum absolute atomic E-state index is 0.0280. The van der Waals surface area contributed by atoms with Gasteiger partial charge in [0.25, 0.3) is 0 Å². The Kier molecular flexibility index (Phi) is 2.17. The molecule has 5 heterocycles. The second-order valence-corrected chi connectivity index (χ2v) is 8.35. The van der Waals surface area contributed by atoms with Crippen molar-refractivity contribution in [2.24, 2.45) is 11.8 Å². The maximum Gasteiger partial charge on any atom is 0.0707 e. The van der Waals surface area contributed by atoms with E-state index in [1.54, 1.807) is 5.57 Å². The molecule has 6 aliphatic rings. The fraction of sp³-hybridized carbons (Fsp3) is 0.600. The Morgan fingerprint density at radius 2 is 2.09 bits per heavy atom. The fourth-order valence-corrected chi connectivity index (χ4v) is 7.35. The number of fused-ring (bicyclic) bond motifs is 2. The Bertz CT molecular complexity index is 743. The first kappa shape index (κ1) is 13.0. The molecule has 8 atom stereocenters. The number of hydrogen-bond acceptors (Lipinski definition) is 3. The first-order chi connectivity index (χ1) is 11.2. The van der Waals surface area contributed by atoms with Gasteiger partial charge in [0, 0.05) is 42.7 Å². The van der Waals surface area contributed by atoms with Crippen molar-refractivity contribution in [3.8, 4) is 0 Å². The maximum atomic E-state index is 11.6.